The van der Waals surface area contributed by atoms with Gasteiger partial charge >= 0.3 is 6.18 Å². The lowest BCUT2D eigenvalue weighted by Crippen LogP contribution is -2.23. The molecular formula is C22H20F3N3O3. The second-order valence-electron chi connectivity index (χ2n) is 7.33. The average Bonchev–Trinajstić information content (AvgIpc) is 3.19. The monoisotopic (exact) mass is 431 g/mol. The molecule has 1 aromatic heterocycles. The number of nitrogens with one attached hydrogen (secondary N) is 2. The molecule has 2 aromatic carbocycles. The van der Waals surface area contributed by atoms with E-state index in [4.69, 9.17) is 9.47 Å². The molecule has 1 aliphatic heterocycles. The van der Waals surface area contributed by atoms with Crippen LogP contribution in [-0.4, -0.2) is 23.2 Å². The Hall–Kier alpha value is -3.49. The summed E-state index contributed by atoms with van der Waals surface area (Å²) >= 11 is 0. The van der Waals surface area contributed by atoms with Crippen molar-refractivity contribution >= 4 is 11.7 Å². The number of methoxy groups -OCH3 is 1. The molecule has 3 aromatic rings. The van der Waals surface area contributed by atoms with E-state index in [1.54, 1.807) is 13.1 Å². The third-order valence-corrected chi connectivity index (χ3v) is 5.29. The maximum Gasteiger partial charge on any atom is 0.416 e. The number of fused-ring (bicyclic) bond motifs is 1. The van der Waals surface area contributed by atoms with Crippen molar-refractivity contribution in [1.29, 1.82) is 0 Å². The van der Waals surface area contributed by atoms with Crippen LogP contribution in [0.2, 0.25) is 0 Å². The van der Waals surface area contributed by atoms with Crippen LogP contribution in [0.5, 0.6) is 11.5 Å². The van der Waals surface area contributed by atoms with Gasteiger partial charge in [-0.2, -0.15) is 18.3 Å². The van der Waals surface area contributed by atoms with Crippen molar-refractivity contribution in [1.82, 2.24) is 10.2 Å². The van der Waals surface area contributed by atoms with Gasteiger partial charge in [-0.25, -0.2) is 0 Å². The first-order valence-corrected chi connectivity index (χ1v) is 9.57. The van der Waals surface area contributed by atoms with Gasteiger partial charge < -0.3 is 14.8 Å². The number of aryl methyl sites for hydroxylation is 1. The Morgan fingerprint density at radius 1 is 1.16 bits per heavy atom. The topological polar surface area (TPSA) is 76.2 Å². The minimum Gasteiger partial charge on any atom is -0.496 e. The molecule has 9 heteroatoms. The number of hydrogen-bond acceptors (Lipinski definition) is 4. The molecule has 4 rings (SSSR count). The maximum absolute atomic E-state index is 12.8. The normalized spacial score (nSPS) is 15.9. The Bertz CT molecular complexity index is 1120. The lowest BCUT2D eigenvalue weighted by atomic mass is 9.87. The number of alkyl halides is 3. The van der Waals surface area contributed by atoms with Crippen molar-refractivity contribution in [2.24, 2.45) is 0 Å². The minimum atomic E-state index is -4.40. The van der Waals surface area contributed by atoms with E-state index < -0.39 is 11.7 Å². The summed E-state index contributed by atoms with van der Waals surface area (Å²) in [5.74, 6) is 1.17. The summed E-state index contributed by atoms with van der Waals surface area (Å²) in [5.41, 5.74) is 2.20. The molecule has 2 N–H and O–H groups in total. The first-order valence-electron chi connectivity index (χ1n) is 9.57. The number of carbonyl (C=O) groups is 1. The van der Waals surface area contributed by atoms with Crippen LogP contribution in [0, 0.1) is 6.92 Å². The Kier molecular flexibility index (Phi) is 5.34. The second-order valence-corrected chi connectivity index (χ2v) is 7.33. The van der Waals surface area contributed by atoms with E-state index in [1.165, 1.54) is 13.2 Å². The number of rotatable bonds is 5. The molecule has 0 bridgehead atoms. The number of amides is 1. The maximum atomic E-state index is 12.8. The van der Waals surface area contributed by atoms with Crippen LogP contribution in [-0.2, 0) is 17.6 Å². The lowest BCUT2D eigenvalue weighted by Gasteiger charge is -2.23. The highest BCUT2D eigenvalue weighted by Gasteiger charge is 2.31. The van der Waals surface area contributed by atoms with Crippen LogP contribution in [0.1, 0.15) is 40.2 Å². The Balaban J connectivity index is 1.54. The van der Waals surface area contributed by atoms with Crippen LogP contribution in [0.3, 0.4) is 0 Å². The quantitative estimate of drug-likeness (QED) is 0.609. The van der Waals surface area contributed by atoms with E-state index in [0.29, 0.717) is 22.9 Å². The van der Waals surface area contributed by atoms with Crippen LogP contribution >= 0.6 is 0 Å². The van der Waals surface area contributed by atoms with Crippen molar-refractivity contribution in [2.45, 2.75) is 32.0 Å². The Labute approximate surface area is 176 Å². The predicted molar refractivity (Wildman–Crippen MR) is 107 cm³/mol. The first kappa shape index (κ1) is 20.8. The number of anilines is 1. The summed E-state index contributed by atoms with van der Waals surface area (Å²) in [6.45, 7) is 1.69. The molecule has 1 aliphatic rings. The van der Waals surface area contributed by atoms with Gasteiger partial charge in [-0.15, -0.1) is 0 Å². The summed E-state index contributed by atoms with van der Waals surface area (Å²) in [4.78, 5) is 12.0. The summed E-state index contributed by atoms with van der Waals surface area (Å²) < 4.78 is 49.8. The molecule has 1 atom stereocenters. The van der Waals surface area contributed by atoms with Crippen LogP contribution in [0.4, 0.5) is 19.0 Å². The van der Waals surface area contributed by atoms with E-state index in [0.717, 1.165) is 28.8 Å². The highest BCUT2D eigenvalue weighted by molar-refractivity contribution is 5.94. The molecule has 0 spiro atoms. The van der Waals surface area contributed by atoms with Crippen LogP contribution in [0.15, 0.2) is 42.6 Å². The third kappa shape index (κ3) is 4.21. The van der Waals surface area contributed by atoms with Gasteiger partial charge in [0.2, 0.25) is 5.91 Å². The van der Waals surface area contributed by atoms with Gasteiger partial charge in [-0.3, -0.25) is 9.89 Å². The number of H-pyrrole nitrogens is 1. The molecule has 162 valence electrons. The second kappa shape index (κ2) is 7.98. The molecule has 31 heavy (non-hydrogen) atoms. The molecule has 6 nitrogen and oxygen atoms in total. The van der Waals surface area contributed by atoms with Gasteiger partial charge in [0.15, 0.2) is 5.82 Å². The summed E-state index contributed by atoms with van der Waals surface area (Å²) in [6.07, 6.45) is -2.35. The van der Waals surface area contributed by atoms with Crippen molar-refractivity contribution < 1.29 is 27.4 Å². The molecule has 1 unspecified atom stereocenters. The highest BCUT2D eigenvalue weighted by Crippen LogP contribution is 2.38. The van der Waals surface area contributed by atoms with Gasteiger partial charge in [0.1, 0.15) is 18.1 Å². The average molecular weight is 431 g/mol. The minimum absolute atomic E-state index is 0.117. The van der Waals surface area contributed by atoms with E-state index in [-0.39, 0.29) is 24.9 Å². The number of hydrogen-bond donors (Lipinski definition) is 2. The van der Waals surface area contributed by atoms with Crippen LogP contribution in [0.25, 0.3) is 0 Å². The van der Waals surface area contributed by atoms with E-state index in [1.807, 2.05) is 18.2 Å². The van der Waals surface area contributed by atoms with Gasteiger partial charge in [0, 0.05) is 29.7 Å². The molecule has 0 saturated carbocycles. The van der Waals surface area contributed by atoms with Crippen molar-refractivity contribution in [3.05, 3.63) is 70.4 Å². The molecule has 0 radical (unpaired) electrons. The smallest absolute Gasteiger partial charge is 0.416 e. The SMILES string of the molecule is COc1cc(C2CC(=O)Nc3n[nH]cc32)ccc1COc1ccc(C(F)(F)F)cc1C. The van der Waals surface area contributed by atoms with Crippen LogP contribution < -0.4 is 14.8 Å². The molecule has 2 heterocycles. The van der Waals surface area contributed by atoms with Gasteiger partial charge in [0.25, 0.3) is 0 Å². The fourth-order valence-corrected chi connectivity index (χ4v) is 3.68. The van der Waals surface area contributed by atoms with Crippen molar-refractivity contribution in [3.8, 4) is 11.5 Å². The molecule has 0 aliphatic carbocycles. The fraction of sp³-hybridized carbons (Fsp3) is 0.273. The number of aromatic nitrogens is 2. The zero-order valence-corrected chi connectivity index (χ0v) is 16.8. The Morgan fingerprint density at radius 3 is 2.68 bits per heavy atom. The van der Waals surface area contributed by atoms with Crippen molar-refractivity contribution in [2.75, 3.05) is 12.4 Å². The molecule has 0 saturated heterocycles. The molecular weight excluding hydrogens is 411 g/mol. The number of halogens is 3. The zero-order valence-electron chi connectivity index (χ0n) is 16.8. The number of carbonyl (C=O) groups excluding carboxylic acids is 1. The first-order chi connectivity index (χ1) is 14.8. The third-order valence-electron chi connectivity index (χ3n) is 5.29. The van der Waals surface area contributed by atoms with Crippen molar-refractivity contribution in [3.63, 3.8) is 0 Å². The number of nitrogens with zero attached hydrogens (tertiary/aromatic N) is 1. The van der Waals surface area contributed by atoms with Gasteiger partial charge in [0.05, 0.1) is 12.7 Å². The lowest BCUT2D eigenvalue weighted by molar-refractivity contribution is -0.137. The number of ether oxygens (including phenoxy) is 2. The summed E-state index contributed by atoms with van der Waals surface area (Å²) in [5, 5.41) is 9.56. The highest BCUT2D eigenvalue weighted by atomic mass is 19.4. The van der Waals surface area contributed by atoms with Gasteiger partial charge in [-0.1, -0.05) is 12.1 Å². The summed E-state index contributed by atoms with van der Waals surface area (Å²) in [6, 6.07) is 8.95. The fourth-order valence-electron chi connectivity index (χ4n) is 3.68. The number of aromatic amines is 1. The standard InChI is InChI=1S/C22H20F3N3O3/c1-12-7-15(22(23,24)25)5-6-18(12)31-11-14-4-3-13(8-19(14)30-2)16-9-20(29)27-21-17(16)10-26-28-21/h3-8,10,16H,9,11H2,1-2H3,(H2,26,27,28,29). The Morgan fingerprint density at radius 2 is 1.97 bits per heavy atom. The zero-order chi connectivity index (χ0) is 22.2. The van der Waals surface area contributed by atoms with E-state index in [9.17, 15) is 18.0 Å². The molecule has 1 amide bonds. The summed E-state index contributed by atoms with van der Waals surface area (Å²) in [7, 11) is 1.53. The van der Waals surface area contributed by atoms with Gasteiger partial charge in [-0.05, 0) is 42.3 Å². The number of benzene rings is 2. The van der Waals surface area contributed by atoms with E-state index in [2.05, 4.69) is 15.5 Å². The predicted octanol–water partition coefficient (Wildman–Crippen LogP) is 4.80. The largest absolute Gasteiger partial charge is 0.496 e. The van der Waals surface area contributed by atoms with E-state index >= 15 is 0 Å². The molecule has 0 fully saturated rings.